The molecular weight excluding hydrogens is 174 g/mol. The van der Waals surface area contributed by atoms with Gasteiger partial charge in [-0.25, -0.2) is 4.79 Å². The number of hydrogen-bond acceptors (Lipinski definition) is 4. The third-order valence-corrected chi connectivity index (χ3v) is 1.92. The fourth-order valence-electron chi connectivity index (χ4n) is 1.18. The van der Waals surface area contributed by atoms with Gasteiger partial charge in [0, 0.05) is 6.42 Å². The van der Waals surface area contributed by atoms with Crippen LogP contribution in [-0.4, -0.2) is 37.7 Å². The van der Waals surface area contributed by atoms with Crippen molar-refractivity contribution < 1.29 is 19.1 Å². The van der Waals surface area contributed by atoms with Gasteiger partial charge in [-0.15, -0.1) is 0 Å². The first-order chi connectivity index (χ1) is 6.08. The highest BCUT2D eigenvalue weighted by molar-refractivity contribution is 5.88. The Bertz CT molecular complexity index is 228. The van der Waals surface area contributed by atoms with E-state index in [1.807, 2.05) is 0 Å². The Labute approximate surface area is 76.4 Å². The molecule has 1 amide bonds. The lowest BCUT2D eigenvalue weighted by Gasteiger charge is -2.24. The van der Waals surface area contributed by atoms with E-state index < -0.39 is 11.5 Å². The maximum absolute atomic E-state index is 11.3. The molecule has 0 bridgehead atoms. The molecule has 1 N–H and O–H groups in total. The summed E-state index contributed by atoms with van der Waals surface area (Å²) in [5.41, 5.74) is -1.04. The summed E-state index contributed by atoms with van der Waals surface area (Å²) in [5, 5.41) is 2.57. The number of esters is 1. The molecule has 0 radical (unpaired) electrons. The molecule has 5 nitrogen and oxygen atoms in total. The monoisotopic (exact) mass is 187 g/mol. The summed E-state index contributed by atoms with van der Waals surface area (Å²) in [6.45, 7) is 2.09. The lowest BCUT2D eigenvalue weighted by Crippen LogP contribution is -2.54. The van der Waals surface area contributed by atoms with Crippen molar-refractivity contribution in [3.63, 3.8) is 0 Å². The molecule has 1 aliphatic heterocycles. The predicted molar refractivity (Wildman–Crippen MR) is 44.0 cm³/mol. The Hall–Kier alpha value is -1.10. The molecule has 0 aromatic heterocycles. The Balaban J connectivity index is 2.74. The smallest absolute Gasteiger partial charge is 0.333 e. The minimum atomic E-state index is -1.04. The highest BCUT2D eigenvalue weighted by Gasteiger charge is 2.37. The topological polar surface area (TPSA) is 64.6 Å². The zero-order valence-electron chi connectivity index (χ0n) is 7.75. The van der Waals surface area contributed by atoms with Crippen LogP contribution in [0.5, 0.6) is 0 Å². The molecule has 0 aromatic rings. The average Bonchev–Trinajstić information content (AvgIpc) is 2.26. The second-order valence-corrected chi connectivity index (χ2v) is 3.17. The van der Waals surface area contributed by atoms with Crippen molar-refractivity contribution in [3.05, 3.63) is 0 Å². The Morgan fingerprint density at radius 2 is 2.38 bits per heavy atom. The van der Waals surface area contributed by atoms with Crippen LogP contribution in [0.25, 0.3) is 0 Å². The molecule has 1 atom stereocenters. The third-order valence-electron chi connectivity index (χ3n) is 1.92. The van der Waals surface area contributed by atoms with Crippen LogP contribution in [0.3, 0.4) is 0 Å². The van der Waals surface area contributed by atoms with E-state index in [-0.39, 0.29) is 18.9 Å². The number of ether oxygens (including phenoxy) is 2. The summed E-state index contributed by atoms with van der Waals surface area (Å²) in [6.07, 6.45) is 0.284. The van der Waals surface area contributed by atoms with E-state index in [0.717, 1.165) is 0 Å². The van der Waals surface area contributed by atoms with Crippen LogP contribution < -0.4 is 5.32 Å². The predicted octanol–water partition coefficient (Wildman–Crippen LogP) is -0.545. The molecule has 1 rings (SSSR count). The molecule has 13 heavy (non-hydrogen) atoms. The van der Waals surface area contributed by atoms with Crippen molar-refractivity contribution >= 4 is 11.9 Å². The lowest BCUT2D eigenvalue weighted by molar-refractivity contribution is -0.151. The van der Waals surface area contributed by atoms with Gasteiger partial charge in [0.1, 0.15) is 0 Å². The highest BCUT2D eigenvalue weighted by Crippen LogP contribution is 2.10. The van der Waals surface area contributed by atoms with Crippen LogP contribution in [0.15, 0.2) is 0 Å². The number of methoxy groups -OCH3 is 1. The van der Waals surface area contributed by atoms with Crippen molar-refractivity contribution in [2.75, 3.05) is 20.3 Å². The van der Waals surface area contributed by atoms with Crippen molar-refractivity contribution in [2.45, 2.75) is 18.9 Å². The number of carbonyl (C=O) groups is 2. The van der Waals surface area contributed by atoms with Gasteiger partial charge < -0.3 is 14.8 Å². The maximum atomic E-state index is 11.3. The van der Waals surface area contributed by atoms with Crippen LogP contribution in [0.1, 0.15) is 13.3 Å². The van der Waals surface area contributed by atoms with E-state index in [1.165, 1.54) is 7.11 Å². The van der Waals surface area contributed by atoms with Gasteiger partial charge in [-0.2, -0.15) is 0 Å². The number of amides is 1. The Morgan fingerprint density at radius 3 is 3.00 bits per heavy atom. The van der Waals surface area contributed by atoms with Crippen molar-refractivity contribution in [2.24, 2.45) is 0 Å². The normalized spacial score (nSPS) is 28.9. The average molecular weight is 187 g/mol. The Kier molecular flexibility index (Phi) is 2.87. The standard InChI is InChI=1S/C8H13NO4/c1-8(7(11)12-2)5-13-4-3-6(10)9-8/h3-5H2,1-2H3,(H,9,10). The van der Waals surface area contributed by atoms with Crippen LogP contribution >= 0.6 is 0 Å². The highest BCUT2D eigenvalue weighted by atomic mass is 16.5. The largest absolute Gasteiger partial charge is 0.467 e. The fourth-order valence-corrected chi connectivity index (χ4v) is 1.18. The van der Waals surface area contributed by atoms with Gasteiger partial charge in [0.2, 0.25) is 5.91 Å². The molecule has 1 aliphatic rings. The second-order valence-electron chi connectivity index (χ2n) is 3.17. The summed E-state index contributed by atoms with van der Waals surface area (Å²) < 4.78 is 9.68. The SMILES string of the molecule is COC(=O)C1(C)COCCC(=O)N1. The molecule has 0 saturated carbocycles. The molecule has 0 aromatic carbocycles. The van der Waals surface area contributed by atoms with E-state index in [2.05, 4.69) is 10.1 Å². The second kappa shape index (κ2) is 3.74. The summed E-state index contributed by atoms with van der Waals surface area (Å²) in [7, 11) is 1.28. The van der Waals surface area contributed by atoms with E-state index in [1.54, 1.807) is 6.92 Å². The van der Waals surface area contributed by atoms with E-state index in [9.17, 15) is 9.59 Å². The minimum absolute atomic E-state index is 0.158. The Morgan fingerprint density at radius 1 is 1.69 bits per heavy atom. The number of carbonyl (C=O) groups excluding carboxylic acids is 2. The third kappa shape index (κ3) is 2.18. The molecular formula is C8H13NO4. The zero-order chi connectivity index (χ0) is 9.90. The number of hydrogen-bond donors (Lipinski definition) is 1. The molecule has 1 unspecified atom stereocenters. The summed E-state index contributed by atoms with van der Waals surface area (Å²) >= 11 is 0. The lowest BCUT2D eigenvalue weighted by atomic mass is 10.0. The van der Waals surface area contributed by atoms with Gasteiger partial charge in [-0.05, 0) is 6.92 Å². The van der Waals surface area contributed by atoms with Gasteiger partial charge in [-0.3, -0.25) is 4.79 Å². The number of nitrogens with one attached hydrogen (secondary N) is 1. The van der Waals surface area contributed by atoms with Crippen LogP contribution in [0, 0.1) is 0 Å². The van der Waals surface area contributed by atoms with Gasteiger partial charge in [0.15, 0.2) is 5.54 Å². The van der Waals surface area contributed by atoms with Gasteiger partial charge in [0.25, 0.3) is 0 Å². The van der Waals surface area contributed by atoms with Gasteiger partial charge in [0.05, 0.1) is 20.3 Å². The zero-order valence-corrected chi connectivity index (χ0v) is 7.75. The van der Waals surface area contributed by atoms with Crippen molar-refractivity contribution in [3.8, 4) is 0 Å². The molecule has 74 valence electrons. The van der Waals surface area contributed by atoms with Crippen LogP contribution in [0.4, 0.5) is 0 Å². The molecule has 1 fully saturated rings. The quantitative estimate of drug-likeness (QED) is 0.560. The van der Waals surface area contributed by atoms with Crippen LogP contribution in [-0.2, 0) is 19.1 Å². The van der Waals surface area contributed by atoms with Crippen LogP contribution in [0.2, 0.25) is 0 Å². The van der Waals surface area contributed by atoms with E-state index >= 15 is 0 Å². The fraction of sp³-hybridized carbons (Fsp3) is 0.750. The number of rotatable bonds is 1. The van der Waals surface area contributed by atoms with E-state index in [0.29, 0.717) is 6.61 Å². The molecule has 0 spiro atoms. The van der Waals surface area contributed by atoms with Gasteiger partial charge in [-0.1, -0.05) is 0 Å². The first-order valence-corrected chi connectivity index (χ1v) is 4.06. The first kappa shape index (κ1) is 9.98. The minimum Gasteiger partial charge on any atom is -0.467 e. The van der Waals surface area contributed by atoms with Crippen molar-refractivity contribution in [1.29, 1.82) is 0 Å². The molecule has 1 saturated heterocycles. The molecule has 0 aliphatic carbocycles. The summed E-state index contributed by atoms with van der Waals surface area (Å²) in [5.74, 6) is -0.673. The summed E-state index contributed by atoms with van der Waals surface area (Å²) in [6, 6.07) is 0. The van der Waals surface area contributed by atoms with E-state index in [4.69, 9.17) is 4.74 Å². The van der Waals surface area contributed by atoms with Crippen molar-refractivity contribution in [1.82, 2.24) is 5.32 Å². The molecule has 1 heterocycles. The molecule has 5 heteroatoms. The summed E-state index contributed by atoms with van der Waals surface area (Å²) in [4.78, 5) is 22.4. The first-order valence-electron chi connectivity index (χ1n) is 4.06. The van der Waals surface area contributed by atoms with Gasteiger partial charge >= 0.3 is 5.97 Å². The maximum Gasteiger partial charge on any atom is 0.333 e.